The zero-order valence-corrected chi connectivity index (χ0v) is 15.5. The average molecular weight is 377 g/mol. The van der Waals surface area contributed by atoms with E-state index in [4.69, 9.17) is 17.0 Å². The maximum Gasteiger partial charge on any atom is 0.270 e. The molecule has 0 atom stereocenters. The molecule has 0 radical (unpaired) electrons. The fourth-order valence-electron chi connectivity index (χ4n) is 2.90. The molecule has 1 amide bonds. The van der Waals surface area contributed by atoms with Gasteiger partial charge >= 0.3 is 0 Å². The Morgan fingerprint density at radius 1 is 1.00 bits per heavy atom. The zero-order chi connectivity index (χ0) is 18.1. The SMILES string of the molecule is C=C1SC(=S)N(c2ccc(OCc3cccc4ccccc34)cc2)C1=O. The van der Waals surface area contributed by atoms with Crippen molar-refractivity contribution in [3.8, 4) is 5.75 Å². The van der Waals surface area contributed by atoms with Crippen LogP contribution in [0.2, 0.25) is 0 Å². The fourth-order valence-corrected chi connectivity index (χ4v) is 4.05. The number of carbonyl (C=O) groups excluding carboxylic acids is 1. The van der Waals surface area contributed by atoms with E-state index in [9.17, 15) is 4.79 Å². The van der Waals surface area contributed by atoms with Gasteiger partial charge in [0, 0.05) is 0 Å². The maximum atomic E-state index is 12.1. The van der Waals surface area contributed by atoms with Gasteiger partial charge in [-0.05, 0) is 40.6 Å². The van der Waals surface area contributed by atoms with Gasteiger partial charge in [0.05, 0.1) is 10.6 Å². The molecule has 3 aromatic rings. The Morgan fingerprint density at radius 2 is 1.73 bits per heavy atom. The molecule has 0 saturated carbocycles. The molecule has 26 heavy (non-hydrogen) atoms. The molecule has 3 aromatic carbocycles. The van der Waals surface area contributed by atoms with Crippen LogP contribution in [0.5, 0.6) is 5.75 Å². The van der Waals surface area contributed by atoms with Gasteiger partial charge in [-0.1, -0.05) is 73.0 Å². The van der Waals surface area contributed by atoms with E-state index in [2.05, 4.69) is 30.8 Å². The molecule has 128 valence electrons. The first-order valence-corrected chi connectivity index (χ1v) is 9.30. The number of thioether (sulfide) groups is 1. The predicted octanol–water partition coefficient (Wildman–Crippen LogP) is 5.30. The largest absolute Gasteiger partial charge is 0.489 e. The Hall–Kier alpha value is -2.63. The highest BCUT2D eigenvalue weighted by Crippen LogP contribution is 2.34. The van der Waals surface area contributed by atoms with Crippen molar-refractivity contribution in [2.45, 2.75) is 6.61 Å². The van der Waals surface area contributed by atoms with Crippen LogP contribution in [-0.4, -0.2) is 10.2 Å². The summed E-state index contributed by atoms with van der Waals surface area (Å²) in [5, 5.41) is 2.39. The van der Waals surface area contributed by atoms with Crippen LogP contribution in [0.3, 0.4) is 0 Å². The van der Waals surface area contributed by atoms with E-state index in [0.717, 1.165) is 17.0 Å². The van der Waals surface area contributed by atoms with Crippen LogP contribution in [0.4, 0.5) is 5.69 Å². The van der Waals surface area contributed by atoms with E-state index in [0.29, 0.717) is 15.8 Å². The van der Waals surface area contributed by atoms with Crippen LogP contribution >= 0.6 is 24.0 Å². The highest BCUT2D eigenvalue weighted by atomic mass is 32.2. The number of hydrogen-bond donors (Lipinski definition) is 0. The smallest absolute Gasteiger partial charge is 0.270 e. The molecule has 4 rings (SSSR count). The number of ether oxygens (including phenoxy) is 1. The first-order chi connectivity index (χ1) is 12.6. The second-order valence-corrected chi connectivity index (χ2v) is 7.58. The van der Waals surface area contributed by atoms with Crippen LogP contribution in [0.15, 0.2) is 78.2 Å². The summed E-state index contributed by atoms with van der Waals surface area (Å²) in [5.41, 5.74) is 1.86. The first-order valence-electron chi connectivity index (χ1n) is 8.08. The maximum absolute atomic E-state index is 12.1. The van der Waals surface area contributed by atoms with Crippen LogP contribution < -0.4 is 9.64 Å². The van der Waals surface area contributed by atoms with Crippen molar-refractivity contribution in [2.75, 3.05) is 4.90 Å². The van der Waals surface area contributed by atoms with E-state index in [1.54, 1.807) is 0 Å². The molecule has 0 unspecified atom stereocenters. The van der Waals surface area contributed by atoms with E-state index < -0.39 is 0 Å². The number of benzene rings is 3. The van der Waals surface area contributed by atoms with Gasteiger partial charge < -0.3 is 4.74 Å². The number of amides is 1. The minimum atomic E-state index is -0.163. The monoisotopic (exact) mass is 377 g/mol. The second-order valence-electron chi connectivity index (χ2n) is 5.85. The molecule has 0 spiro atoms. The first kappa shape index (κ1) is 16.8. The van der Waals surface area contributed by atoms with Crippen molar-refractivity contribution in [3.63, 3.8) is 0 Å². The summed E-state index contributed by atoms with van der Waals surface area (Å²) in [6, 6.07) is 21.8. The normalized spacial score (nSPS) is 14.3. The standard InChI is InChI=1S/C21H15NO2S2/c1-14-20(23)22(21(25)26-14)17-9-11-18(12-10-17)24-13-16-7-4-6-15-5-2-3-8-19(15)16/h2-12H,1,13H2. The molecule has 1 saturated heterocycles. The number of thiocarbonyl (C=S) groups is 1. The quantitative estimate of drug-likeness (QED) is 0.456. The number of carbonyl (C=O) groups is 1. The molecule has 0 bridgehead atoms. The van der Waals surface area contributed by atoms with E-state index in [-0.39, 0.29) is 5.91 Å². The number of hydrogen-bond acceptors (Lipinski definition) is 4. The third-order valence-electron chi connectivity index (χ3n) is 4.20. The zero-order valence-electron chi connectivity index (χ0n) is 13.8. The molecule has 1 aliphatic heterocycles. The average Bonchev–Trinajstić information content (AvgIpc) is 2.92. The Kier molecular flexibility index (Phi) is 4.49. The summed E-state index contributed by atoms with van der Waals surface area (Å²) < 4.78 is 6.44. The summed E-state index contributed by atoms with van der Waals surface area (Å²) in [5.74, 6) is 0.579. The van der Waals surface area contributed by atoms with Crippen LogP contribution in [0, 0.1) is 0 Å². The number of fused-ring (bicyclic) bond motifs is 1. The molecular weight excluding hydrogens is 362 g/mol. The molecule has 1 fully saturated rings. The van der Waals surface area contributed by atoms with Crippen LogP contribution in [0.25, 0.3) is 10.8 Å². The van der Waals surface area contributed by atoms with E-state index in [1.807, 2.05) is 42.5 Å². The van der Waals surface area contributed by atoms with Crippen molar-refractivity contribution in [1.82, 2.24) is 0 Å². The van der Waals surface area contributed by atoms with Gasteiger partial charge in [-0.25, -0.2) is 0 Å². The third kappa shape index (κ3) is 3.11. The van der Waals surface area contributed by atoms with Gasteiger partial charge in [0.2, 0.25) is 0 Å². The topological polar surface area (TPSA) is 29.5 Å². The van der Waals surface area contributed by atoms with Crippen molar-refractivity contribution < 1.29 is 9.53 Å². The van der Waals surface area contributed by atoms with Crippen molar-refractivity contribution in [1.29, 1.82) is 0 Å². The third-order valence-corrected chi connectivity index (χ3v) is 5.41. The van der Waals surface area contributed by atoms with Gasteiger partial charge in [0.15, 0.2) is 4.32 Å². The van der Waals surface area contributed by atoms with Crippen molar-refractivity contribution >= 4 is 50.7 Å². The fraction of sp³-hybridized carbons (Fsp3) is 0.0476. The Morgan fingerprint density at radius 3 is 2.46 bits per heavy atom. The Labute approximate surface area is 161 Å². The lowest BCUT2D eigenvalue weighted by Gasteiger charge is -2.15. The number of anilines is 1. The highest BCUT2D eigenvalue weighted by molar-refractivity contribution is 8.27. The highest BCUT2D eigenvalue weighted by Gasteiger charge is 2.31. The molecule has 3 nitrogen and oxygen atoms in total. The molecule has 0 aromatic heterocycles. The second kappa shape index (κ2) is 6.94. The minimum absolute atomic E-state index is 0.163. The van der Waals surface area contributed by atoms with Crippen LogP contribution in [-0.2, 0) is 11.4 Å². The predicted molar refractivity (Wildman–Crippen MR) is 112 cm³/mol. The molecule has 5 heteroatoms. The Bertz CT molecular complexity index is 1020. The van der Waals surface area contributed by atoms with E-state index >= 15 is 0 Å². The lowest BCUT2D eigenvalue weighted by Crippen LogP contribution is -2.27. The molecule has 1 heterocycles. The van der Waals surface area contributed by atoms with Crippen molar-refractivity contribution in [3.05, 3.63) is 83.8 Å². The molecule has 1 aliphatic rings. The summed E-state index contributed by atoms with van der Waals surface area (Å²) in [7, 11) is 0. The van der Waals surface area contributed by atoms with Gasteiger partial charge in [0.25, 0.3) is 5.91 Å². The summed E-state index contributed by atoms with van der Waals surface area (Å²) in [4.78, 5) is 14.1. The lowest BCUT2D eigenvalue weighted by atomic mass is 10.1. The summed E-state index contributed by atoms with van der Waals surface area (Å²) in [6.07, 6.45) is 0. The molecule has 0 aliphatic carbocycles. The molecule has 0 N–H and O–H groups in total. The van der Waals surface area contributed by atoms with Gasteiger partial charge in [-0.3, -0.25) is 9.69 Å². The van der Waals surface area contributed by atoms with E-state index in [1.165, 1.54) is 27.4 Å². The van der Waals surface area contributed by atoms with Gasteiger partial charge in [-0.2, -0.15) is 0 Å². The van der Waals surface area contributed by atoms with Gasteiger partial charge in [-0.15, -0.1) is 0 Å². The van der Waals surface area contributed by atoms with Crippen molar-refractivity contribution in [2.24, 2.45) is 0 Å². The van der Waals surface area contributed by atoms with Gasteiger partial charge in [0.1, 0.15) is 12.4 Å². The number of rotatable bonds is 4. The number of nitrogens with zero attached hydrogens (tertiary/aromatic N) is 1. The molecular formula is C21H15NO2S2. The summed E-state index contributed by atoms with van der Waals surface area (Å²) >= 11 is 6.47. The summed E-state index contributed by atoms with van der Waals surface area (Å²) in [6.45, 7) is 4.21. The Balaban J connectivity index is 1.50. The lowest BCUT2D eigenvalue weighted by molar-refractivity contribution is -0.113. The van der Waals surface area contributed by atoms with Crippen LogP contribution in [0.1, 0.15) is 5.56 Å². The minimum Gasteiger partial charge on any atom is -0.489 e.